The molecule has 136 valence electrons. The number of rotatable bonds is 3. The number of nitrogens with zero attached hydrogens (tertiary/aromatic N) is 1. The van der Waals surface area contributed by atoms with Crippen molar-refractivity contribution in [2.24, 2.45) is 0 Å². The van der Waals surface area contributed by atoms with Gasteiger partial charge in [-0.2, -0.15) is 13.2 Å². The van der Waals surface area contributed by atoms with E-state index in [0.717, 1.165) is 24.9 Å². The molecule has 1 fully saturated rings. The van der Waals surface area contributed by atoms with E-state index in [2.05, 4.69) is 11.8 Å². The summed E-state index contributed by atoms with van der Waals surface area (Å²) >= 11 is 0. The van der Waals surface area contributed by atoms with E-state index in [1.807, 2.05) is 18.0 Å². The van der Waals surface area contributed by atoms with Crippen LogP contribution in [-0.4, -0.2) is 36.5 Å². The molecule has 0 unspecified atom stereocenters. The molecule has 4 nitrogen and oxygen atoms in total. The summed E-state index contributed by atoms with van der Waals surface area (Å²) in [4.78, 5) is 12.5. The largest absolute Gasteiger partial charge is 0.471 e. The zero-order chi connectivity index (χ0) is 18.5. The van der Waals surface area contributed by atoms with Crippen LogP contribution in [0.25, 0.3) is 0 Å². The Bertz CT molecular complexity index is 671. The first kappa shape index (κ1) is 19.1. The molecule has 2 rings (SSSR count). The number of hydrogen-bond acceptors (Lipinski definition) is 3. The highest BCUT2D eigenvalue weighted by Crippen LogP contribution is 2.33. The van der Waals surface area contributed by atoms with Gasteiger partial charge in [-0.3, -0.25) is 4.79 Å². The second-order valence-electron chi connectivity index (χ2n) is 6.13. The molecule has 25 heavy (non-hydrogen) atoms. The summed E-state index contributed by atoms with van der Waals surface area (Å²) in [6.07, 6.45) is -0.449. The fourth-order valence-electron chi connectivity index (χ4n) is 2.86. The second kappa shape index (κ2) is 7.79. The molecular weight excluding hydrogens is 333 g/mol. The number of nitrogens with one attached hydrogen (secondary N) is 1. The topological polar surface area (TPSA) is 52.6 Å². The molecule has 1 aliphatic carbocycles. The molecule has 0 radical (unpaired) electrons. The maximum atomic E-state index is 12.1. The van der Waals surface area contributed by atoms with Crippen LogP contribution in [0.2, 0.25) is 0 Å². The molecule has 0 heterocycles. The Morgan fingerprint density at radius 1 is 1.32 bits per heavy atom. The van der Waals surface area contributed by atoms with Crippen molar-refractivity contribution in [3.05, 3.63) is 29.8 Å². The van der Waals surface area contributed by atoms with E-state index in [0.29, 0.717) is 18.4 Å². The van der Waals surface area contributed by atoms with Gasteiger partial charge in [0.1, 0.15) is 5.72 Å². The van der Waals surface area contributed by atoms with Crippen molar-refractivity contribution in [1.29, 1.82) is 0 Å². The number of hydrogen-bond donors (Lipinski definition) is 2. The van der Waals surface area contributed by atoms with Gasteiger partial charge in [0.15, 0.2) is 0 Å². The molecule has 0 bridgehead atoms. The quantitative estimate of drug-likeness (QED) is 0.648. The van der Waals surface area contributed by atoms with Gasteiger partial charge in [0.25, 0.3) is 0 Å². The van der Waals surface area contributed by atoms with Gasteiger partial charge in [0, 0.05) is 18.3 Å². The van der Waals surface area contributed by atoms with Crippen molar-refractivity contribution in [3.63, 3.8) is 0 Å². The van der Waals surface area contributed by atoms with Gasteiger partial charge in [-0.25, -0.2) is 0 Å². The van der Waals surface area contributed by atoms with Crippen molar-refractivity contribution in [3.8, 4) is 11.8 Å². The number of carbonyl (C=O) groups is 1. The first-order valence-corrected chi connectivity index (χ1v) is 8.12. The Morgan fingerprint density at radius 2 is 2.00 bits per heavy atom. The van der Waals surface area contributed by atoms with Crippen LogP contribution in [0, 0.1) is 11.8 Å². The molecule has 0 aromatic heterocycles. The minimum atomic E-state index is -4.90. The lowest BCUT2D eigenvalue weighted by Crippen LogP contribution is -2.48. The molecular formula is C18H21F3N2O2. The molecule has 1 aliphatic rings. The van der Waals surface area contributed by atoms with E-state index in [1.165, 1.54) is 0 Å². The third-order valence-corrected chi connectivity index (χ3v) is 4.34. The summed E-state index contributed by atoms with van der Waals surface area (Å²) in [5, 5.41) is 12.5. The number of alkyl halides is 3. The molecule has 0 saturated heterocycles. The molecule has 0 spiro atoms. The van der Waals surface area contributed by atoms with Crippen LogP contribution in [0.1, 0.15) is 37.7 Å². The lowest BCUT2D eigenvalue weighted by molar-refractivity contribution is -0.173. The predicted molar refractivity (Wildman–Crippen MR) is 88.8 cm³/mol. The van der Waals surface area contributed by atoms with E-state index in [-0.39, 0.29) is 6.54 Å². The summed E-state index contributed by atoms with van der Waals surface area (Å²) in [6, 6.07) is 7.12. The third kappa shape index (κ3) is 5.13. The van der Waals surface area contributed by atoms with Gasteiger partial charge in [-0.1, -0.05) is 24.3 Å². The number of carbonyl (C=O) groups excluding carboxylic acids is 1. The number of aliphatic hydroxyl groups is 1. The highest BCUT2D eigenvalue weighted by molar-refractivity contribution is 5.81. The fourth-order valence-corrected chi connectivity index (χ4v) is 2.86. The highest BCUT2D eigenvalue weighted by atomic mass is 19.4. The number of benzene rings is 1. The highest BCUT2D eigenvalue weighted by Gasteiger charge is 2.38. The van der Waals surface area contributed by atoms with E-state index in [9.17, 15) is 23.1 Å². The van der Waals surface area contributed by atoms with Gasteiger partial charge in [0.05, 0.1) is 6.54 Å². The molecule has 7 heteroatoms. The average Bonchev–Trinajstić information content (AvgIpc) is 2.58. The minimum absolute atomic E-state index is 0.387. The smallest absolute Gasteiger partial charge is 0.371 e. The maximum absolute atomic E-state index is 12.1. The van der Waals surface area contributed by atoms with Crippen molar-refractivity contribution >= 4 is 11.6 Å². The van der Waals surface area contributed by atoms with Crippen LogP contribution in [0.4, 0.5) is 18.9 Å². The minimum Gasteiger partial charge on any atom is -0.371 e. The first-order valence-electron chi connectivity index (χ1n) is 8.12. The average molecular weight is 354 g/mol. The molecule has 1 amide bonds. The summed E-state index contributed by atoms with van der Waals surface area (Å²) in [6.45, 7) is -0.387. The van der Waals surface area contributed by atoms with E-state index in [4.69, 9.17) is 0 Å². The van der Waals surface area contributed by atoms with Gasteiger partial charge >= 0.3 is 12.1 Å². The van der Waals surface area contributed by atoms with Crippen LogP contribution < -0.4 is 10.2 Å². The summed E-state index contributed by atoms with van der Waals surface area (Å²) < 4.78 is 36.2. The zero-order valence-corrected chi connectivity index (χ0v) is 14.0. The molecule has 2 N–H and O–H groups in total. The van der Waals surface area contributed by atoms with E-state index < -0.39 is 17.8 Å². The SMILES string of the molecule is CN(c1cccc(C#CCNC(=O)C(F)(F)F)c1)C1(O)CCCCC1. The van der Waals surface area contributed by atoms with Crippen molar-refractivity contribution in [2.45, 2.75) is 44.0 Å². The Kier molecular flexibility index (Phi) is 5.96. The Morgan fingerprint density at radius 3 is 2.64 bits per heavy atom. The number of amides is 1. The second-order valence-corrected chi connectivity index (χ2v) is 6.13. The third-order valence-electron chi connectivity index (χ3n) is 4.34. The van der Waals surface area contributed by atoms with Gasteiger partial charge in [-0.05, 0) is 43.9 Å². The maximum Gasteiger partial charge on any atom is 0.471 e. The standard InChI is InChI=1S/C18H21F3N2O2/c1-23(17(25)10-3-2-4-11-17)15-9-5-7-14(13-15)8-6-12-22-16(24)18(19,20)21/h5,7,9,13,25H,2-4,10-12H2,1H3,(H,22,24). The zero-order valence-electron chi connectivity index (χ0n) is 14.0. The van der Waals surface area contributed by atoms with Gasteiger partial charge < -0.3 is 15.3 Å². The lowest BCUT2D eigenvalue weighted by atomic mass is 9.90. The van der Waals surface area contributed by atoms with E-state index >= 15 is 0 Å². The van der Waals surface area contributed by atoms with Crippen LogP contribution >= 0.6 is 0 Å². The summed E-state index contributed by atoms with van der Waals surface area (Å²) in [7, 11) is 1.82. The molecule has 0 aliphatic heterocycles. The van der Waals surface area contributed by atoms with Crippen LogP contribution in [0.5, 0.6) is 0 Å². The summed E-state index contributed by atoms with van der Waals surface area (Å²) in [5.41, 5.74) is 0.505. The Hall–Kier alpha value is -2.20. The van der Waals surface area contributed by atoms with Crippen molar-refractivity contribution in [1.82, 2.24) is 5.32 Å². The number of anilines is 1. The summed E-state index contributed by atoms with van der Waals surface area (Å²) in [5.74, 6) is 3.21. The molecule has 1 saturated carbocycles. The van der Waals surface area contributed by atoms with Gasteiger partial charge in [0.2, 0.25) is 0 Å². The van der Waals surface area contributed by atoms with Crippen LogP contribution in [0.3, 0.4) is 0 Å². The predicted octanol–water partition coefficient (Wildman–Crippen LogP) is 2.81. The normalized spacial score (nSPS) is 16.5. The van der Waals surface area contributed by atoms with E-state index in [1.54, 1.807) is 23.5 Å². The fraction of sp³-hybridized carbons (Fsp3) is 0.500. The molecule has 1 aromatic rings. The van der Waals surface area contributed by atoms with Crippen LogP contribution in [0.15, 0.2) is 24.3 Å². The van der Waals surface area contributed by atoms with Crippen molar-refractivity contribution < 1.29 is 23.1 Å². The first-order chi connectivity index (χ1) is 11.7. The number of halogens is 3. The molecule has 1 aromatic carbocycles. The lowest BCUT2D eigenvalue weighted by Gasteiger charge is -2.41. The Balaban J connectivity index is 2.02. The Labute approximate surface area is 145 Å². The molecule has 0 atom stereocenters. The van der Waals surface area contributed by atoms with Gasteiger partial charge in [-0.15, -0.1) is 0 Å². The van der Waals surface area contributed by atoms with Crippen LogP contribution in [-0.2, 0) is 4.79 Å². The monoisotopic (exact) mass is 354 g/mol. The van der Waals surface area contributed by atoms with Crippen molar-refractivity contribution in [2.75, 3.05) is 18.5 Å².